The van der Waals surface area contributed by atoms with Gasteiger partial charge in [0.2, 0.25) is 5.89 Å². The molecule has 0 aliphatic heterocycles. The number of nitrogens with zero attached hydrogens (tertiary/aromatic N) is 2. The maximum absolute atomic E-state index is 14.0. The molecule has 2 aromatic rings. The van der Waals surface area contributed by atoms with Gasteiger partial charge in [-0.1, -0.05) is 11.2 Å². The monoisotopic (exact) mass is 291 g/mol. The van der Waals surface area contributed by atoms with Crippen LogP contribution in [0.3, 0.4) is 0 Å². The summed E-state index contributed by atoms with van der Waals surface area (Å²) in [6.07, 6.45) is 2.25. The molecule has 1 aliphatic rings. The van der Waals surface area contributed by atoms with E-state index in [1.54, 1.807) is 12.1 Å². The van der Waals surface area contributed by atoms with Crippen LogP contribution in [0, 0.1) is 5.82 Å². The van der Waals surface area contributed by atoms with Crippen LogP contribution in [0.4, 0.5) is 4.39 Å². The van der Waals surface area contributed by atoms with E-state index in [4.69, 9.17) is 9.26 Å². The highest BCUT2D eigenvalue weighted by atomic mass is 19.1. The lowest BCUT2D eigenvalue weighted by Gasteiger charge is -2.17. The maximum atomic E-state index is 14.0. The van der Waals surface area contributed by atoms with Crippen LogP contribution >= 0.6 is 0 Å². The molecule has 5 nitrogen and oxygen atoms in total. The minimum Gasteiger partial charge on any atom is -0.496 e. The molecule has 0 spiro atoms. The molecule has 1 aromatic heterocycles. The van der Waals surface area contributed by atoms with E-state index in [-0.39, 0.29) is 11.9 Å². The van der Waals surface area contributed by atoms with Gasteiger partial charge in [-0.3, -0.25) is 0 Å². The van der Waals surface area contributed by atoms with E-state index in [0.717, 1.165) is 12.8 Å². The average molecular weight is 291 g/mol. The number of hydrogen-bond donors (Lipinski definition) is 1. The van der Waals surface area contributed by atoms with E-state index in [0.29, 0.717) is 35.5 Å². The molecule has 3 rings (SSSR count). The smallest absolute Gasteiger partial charge is 0.229 e. The second-order valence-electron chi connectivity index (χ2n) is 5.28. The van der Waals surface area contributed by atoms with Crippen LogP contribution in [-0.2, 0) is 6.54 Å². The van der Waals surface area contributed by atoms with Crippen molar-refractivity contribution in [2.75, 3.05) is 7.11 Å². The molecule has 0 unspecified atom stereocenters. The number of hydrogen-bond acceptors (Lipinski definition) is 5. The van der Waals surface area contributed by atoms with E-state index < -0.39 is 0 Å². The van der Waals surface area contributed by atoms with Crippen LogP contribution in [0.25, 0.3) is 0 Å². The summed E-state index contributed by atoms with van der Waals surface area (Å²) in [4.78, 5) is 4.34. The lowest BCUT2D eigenvalue weighted by molar-refractivity contribution is 0.369. The molecule has 0 radical (unpaired) electrons. The van der Waals surface area contributed by atoms with Crippen LogP contribution in [-0.4, -0.2) is 17.3 Å². The van der Waals surface area contributed by atoms with Crippen molar-refractivity contribution < 1.29 is 13.7 Å². The lowest BCUT2D eigenvalue weighted by Crippen LogP contribution is -2.20. The Bertz CT molecular complexity index is 625. The second-order valence-corrected chi connectivity index (χ2v) is 5.28. The van der Waals surface area contributed by atoms with Crippen molar-refractivity contribution >= 4 is 0 Å². The van der Waals surface area contributed by atoms with Gasteiger partial charge in [-0.15, -0.1) is 0 Å². The Morgan fingerprint density at radius 2 is 2.29 bits per heavy atom. The normalized spacial score (nSPS) is 16.0. The third-order valence-electron chi connectivity index (χ3n) is 3.64. The molecule has 1 fully saturated rings. The lowest BCUT2D eigenvalue weighted by atomic mass is 10.1. The molecule has 1 heterocycles. The predicted octanol–water partition coefficient (Wildman–Crippen LogP) is 2.95. The van der Waals surface area contributed by atoms with Gasteiger partial charge in [-0.2, -0.15) is 4.98 Å². The fourth-order valence-corrected chi connectivity index (χ4v) is 2.30. The zero-order chi connectivity index (χ0) is 14.8. The third-order valence-corrected chi connectivity index (χ3v) is 3.64. The largest absolute Gasteiger partial charge is 0.496 e. The van der Waals surface area contributed by atoms with E-state index >= 15 is 0 Å². The highest BCUT2D eigenvalue weighted by molar-refractivity contribution is 5.36. The molecule has 112 valence electrons. The predicted molar refractivity (Wildman–Crippen MR) is 74.5 cm³/mol. The maximum Gasteiger partial charge on any atom is 0.229 e. The second kappa shape index (κ2) is 5.81. The summed E-state index contributed by atoms with van der Waals surface area (Å²) in [7, 11) is 1.53. The molecule has 6 heteroatoms. The first-order valence-electron chi connectivity index (χ1n) is 7.07. The number of rotatable bonds is 6. The van der Waals surface area contributed by atoms with Crippen LogP contribution in [0.1, 0.15) is 49.0 Å². The molecule has 0 saturated heterocycles. The summed E-state index contributed by atoms with van der Waals surface area (Å²) in [6, 6.07) is 4.58. The Kier molecular flexibility index (Phi) is 3.88. The van der Waals surface area contributed by atoms with Crippen LogP contribution < -0.4 is 10.1 Å². The van der Waals surface area contributed by atoms with Gasteiger partial charge in [0.15, 0.2) is 5.82 Å². The number of methoxy groups -OCH3 is 1. The molecule has 0 amide bonds. The van der Waals surface area contributed by atoms with Crippen molar-refractivity contribution in [1.82, 2.24) is 15.5 Å². The fourth-order valence-electron chi connectivity index (χ4n) is 2.30. The zero-order valence-corrected chi connectivity index (χ0v) is 12.1. The fraction of sp³-hybridized carbons (Fsp3) is 0.467. The topological polar surface area (TPSA) is 60.2 Å². The van der Waals surface area contributed by atoms with Gasteiger partial charge in [0.25, 0.3) is 0 Å². The molecule has 21 heavy (non-hydrogen) atoms. The van der Waals surface area contributed by atoms with E-state index in [9.17, 15) is 4.39 Å². The standard InChI is InChI=1S/C15H18FN3O2/c1-9(14-11(16)4-3-5-12(14)20-2)17-8-13-18-15(21-19-13)10-6-7-10/h3-5,9-10,17H,6-8H2,1-2H3/t9-/m1/s1. The molecule has 1 saturated carbocycles. The highest BCUT2D eigenvalue weighted by Gasteiger charge is 2.29. The van der Waals surface area contributed by atoms with Crippen LogP contribution in [0.15, 0.2) is 22.7 Å². The SMILES string of the molecule is COc1cccc(F)c1[C@@H](C)NCc1noc(C2CC2)n1. The summed E-state index contributed by atoms with van der Waals surface area (Å²) >= 11 is 0. The van der Waals surface area contributed by atoms with Gasteiger partial charge in [0.05, 0.1) is 13.7 Å². The van der Waals surface area contributed by atoms with Crippen molar-refractivity contribution in [3.05, 3.63) is 41.3 Å². The quantitative estimate of drug-likeness (QED) is 0.886. The first-order valence-corrected chi connectivity index (χ1v) is 7.07. The van der Waals surface area contributed by atoms with Gasteiger partial charge < -0.3 is 14.6 Å². The van der Waals surface area contributed by atoms with Gasteiger partial charge >= 0.3 is 0 Å². The Balaban J connectivity index is 1.66. The van der Waals surface area contributed by atoms with Crippen molar-refractivity contribution in [1.29, 1.82) is 0 Å². The van der Waals surface area contributed by atoms with Gasteiger partial charge in [-0.05, 0) is 31.9 Å². The van der Waals surface area contributed by atoms with E-state index in [1.165, 1.54) is 13.2 Å². The summed E-state index contributed by atoms with van der Waals surface area (Å²) in [5.41, 5.74) is 0.505. The number of nitrogens with one attached hydrogen (secondary N) is 1. The Hall–Kier alpha value is -1.95. The van der Waals surface area contributed by atoms with Crippen molar-refractivity contribution in [3.8, 4) is 5.75 Å². The first kappa shape index (κ1) is 14.0. The summed E-state index contributed by atoms with van der Waals surface area (Å²) < 4.78 is 24.4. The van der Waals surface area contributed by atoms with Crippen molar-refractivity contribution in [3.63, 3.8) is 0 Å². The van der Waals surface area contributed by atoms with Crippen molar-refractivity contribution in [2.45, 2.75) is 38.3 Å². The number of halogens is 1. The van der Waals surface area contributed by atoms with E-state index in [1.807, 2.05) is 6.92 Å². The van der Waals surface area contributed by atoms with Gasteiger partial charge in [-0.25, -0.2) is 4.39 Å². The number of ether oxygens (including phenoxy) is 1. The molecule has 1 N–H and O–H groups in total. The molecule has 1 aliphatic carbocycles. The average Bonchev–Trinajstić information content (AvgIpc) is 3.23. The summed E-state index contributed by atoms with van der Waals surface area (Å²) in [6.45, 7) is 2.30. The van der Waals surface area contributed by atoms with Crippen LogP contribution in [0.2, 0.25) is 0 Å². The highest BCUT2D eigenvalue weighted by Crippen LogP contribution is 2.38. The molecular formula is C15H18FN3O2. The molecule has 0 bridgehead atoms. The molecule has 1 atom stereocenters. The number of benzene rings is 1. The molecule has 1 aromatic carbocycles. The Morgan fingerprint density at radius 1 is 1.48 bits per heavy atom. The molecular weight excluding hydrogens is 273 g/mol. The summed E-state index contributed by atoms with van der Waals surface area (Å²) in [5.74, 6) is 1.99. The van der Waals surface area contributed by atoms with E-state index in [2.05, 4.69) is 15.5 Å². The minimum atomic E-state index is -0.291. The van der Waals surface area contributed by atoms with Gasteiger partial charge in [0, 0.05) is 17.5 Å². The van der Waals surface area contributed by atoms with Gasteiger partial charge in [0.1, 0.15) is 11.6 Å². The first-order chi connectivity index (χ1) is 10.2. The third kappa shape index (κ3) is 3.05. The number of aromatic nitrogens is 2. The zero-order valence-electron chi connectivity index (χ0n) is 12.1. The minimum absolute atomic E-state index is 0.218. The Labute approximate surface area is 122 Å². The van der Waals surface area contributed by atoms with Crippen LogP contribution in [0.5, 0.6) is 5.75 Å². The Morgan fingerprint density at radius 3 is 3.00 bits per heavy atom. The summed E-state index contributed by atoms with van der Waals surface area (Å²) in [5, 5.41) is 7.13. The van der Waals surface area contributed by atoms with Crippen molar-refractivity contribution in [2.24, 2.45) is 0 Å².